The monoisotopic (exact) mass is 380 g/mol. The number of oxazole rings is 1. The molecule has 0 radical (unpaired) electrons. The number of aromatic nitrogens is 1. The summed E-state index contributed by atoms with van der Waals surface area (Å²) in [5.41, 5.74) is 3.83. The van der Waals surface area contributed by atoms with Crippen LogP contribution in [0.15, 0.2) is 63.6 Å². The van der Waals surface area contributed by atoms with Crippen LogP contribution in [0, 0.1) is 0 Å². The van der Waals surface area contributed by atoms with E-state index < -0.39 is 0 Å². The van der Waals surface area contributed by atoms with E-state index in [4.69, 9.17) is 20.4 Å². The largest absolute Gasteiger partial charge is 0.459 e. The molecule has 4 aromatic rings. The second-order valence-corrected chi connectivity index (χ2v) is 6.93. The molecule has 0 spiro atoms. The first-order chi connectivity index (χ1) is 13.0. The lowest BCUT2D eigenvalue weighted by Gasteiger charge is -2.06. The van der Waals surface area contributed by atoms with Gasteiger partial charge >= 0.3 is 0 Å². The minimum Gasteiger partial charge on any atom is -0.459 e. The number of benzene rings is 2. The number of halogens is 1. The van der Waals surface area contributed by atoms with Gasteiger partial charge in [-0.1, -0.05) is 31.5 Å². The van der Waals surface area contributed by atoms with Crippen molar-refractivity contribution in [1.82, 2.24) is 4.98 Å². The van der Waals surface area contributed by atoms with Gasteiger partial charge in [-0.3, -0.25) is 4.79 Å². The number of amides is 1. The third kappa shape index (κ3) is 3.46. The van der Waals surface area contributed by atoms with Crippen molar-refractivity contribution in [2.45, 2.75) is 19.8 Å². The topological polar surface area (TPSA) is 68.3 Å². The van der Waals surface area contributed by atoms with Crippen LogP contribution in [0.5, 0.6) is 0 Å². The van der Waals surface area contributed by atoms with Gasteiger partial charge in [0, 0.05) is 5.69 Å². The van der Waals surface area contributed by atoms with Crippen LogP contribution in [0.25, 0.3) is 22.6 Å². The highest BCUT2D eigenvalue weighted by Crippen LogP contribution is 2.33. The zero-order valence-electron chi connectivity index (χ0n) is 14.8. The van der Waals surface area contributed by atoms with Gasteiger partial charge < -0.3 is 14.2 Å². The summed E-state index contributed by atoms with van der Waals surface area (Å²) in [5.74, 6) is 0.699. The number of anilines is 1. The molecule has 5 nitrogen and oxygen atoms in total. The molecule has 0 bridgehead atoms. The van der Waals surface area contributed by atoms with Gasteiger partial charge in [-0.15, -0.1) is 0 Å². The average molecular weight is 381 g/mol. The molecule has 0 aliphatic heterocycles. The first-order valence-corrected chi connectivity index (χ1v) is 8.94. The van der Waals surface area contributed by atoms with Crippen LogP contribution >= 0.6 is 11.6 Å². The van der Waals surface area contributed by atoms with E-state index in [-0.39, 0.29) is 11.7 Å². The quantitative estimate of drug-likeness (QED) is 0.463. The maximum atomic E-state index is 12.2. The van der Waals surface area contributed by atoms with E-state index in [0.717, 1.165) is 5.52 Å². The van der Waals surface area contributed by atoms with Crippen molar-refractivity contribution in [1.29, 1.82) is 0 Å². The number of carbonyl (C=O) groups is 1. The van der Waals surface area contributed by atoms with Crippen molar-refractivity contribution in [2.75, 3.05) is 5.32 Å². The Labute approximate surface area is 161 Å². The number of furan rings is 1. The third-order valence-electron chi connectivity index (χ3n) is 4.28. The Hall–Kier alpha value is -3.05. The number of nitrogens with one attached hydrogen (secondary N) is 1. The number of hydrogen-bond donors (Lipinski definition) is 1. The standard InChI is InChI=1S/C21H17ClN2O3/c1-12(2)13-5-8-18-17(10-13)24-21(27-18)15-11-14(6-7-16(15)22)23-20(25)19-4-3-9-26-19/h3-12H,1-2H3,(H,23,25). The lowest BCUT2D eigenvalue weighted by molar-refractivity contribution is 0.0996. The van der Waals surface area contributed by atoms with E-state index in [1.54, 1.807) is 30.3 Å². The fourth-order valence-corrected chi connectivity index (χ4v) is 2.98. The molecule has 2 heterocycles. The van der Waals surface area contributed by atoms with Crippen molar-refractivity contribution < 1.29 is 13.6 Å². The molecule has 0 atom stereocenters. The first kappa shape index (κ1) is 17.4. The second-order valence-electron chi connectivity index (χ2n) is 6.53. The highest BCUT2D eigenvalue weighted by Gasteiger charge is 2.15. The van der Waals surface area contributed by atoms with E-state index in [0.29, 0.717) is 33.7 Å². The minimum absolute atomic E-state index is 0.231. The average Bonchev–Trinajstić information content (AvgIpc) is 3.32. The van der Waals surface area contributed by atoms with Crippen LogP contribution in [0.2, 0.25) is 5.02 Å². The molecule has 0 saturated heterocycles. The summed E-state index contributed by atoms with van der Waals surface area (Å²) in [6, 6.07) is 14.4. The summed E-state index contributed by atoms with van der Waals surface area (Å²) in [4.78, 5) is 16.7. The highest BCUT2D eigenvalue weighted by atomic mass is 35.5. The molecule has 2 aromatic carbocycles. The van der Waals surface area contributed by atoms with Crippen molar-refractivity contribution in [3.05, 3.63) is 71.1 Å². The number of rotatable bonds is 4. The molecular formula is C21H17ClN2O3. The number of carbonyl (C=O) groups excluding carboxylic acids is 1. The maximum Gasteiger partial charge on any atom is 0.291 e. The molecule has 27 heavy (non-hydrogen) atoms. The zero-order valence-corrected chi connectivity index (χ0v) is 15.6. The number of nitrogens with zero attached hydrogens (tertiary/aromatic N) is 1. The lowest BCUT2D eigenvalue weighted by atomic mass is 10.0. The predicted molar refractivity (Wildman–Crippen MR) is 105 cm³/mol. The molecule has 6 heteroatoms. The molecule has 0 saturated carbocycles. The van der Waals surface area contributed by atoms with E-state index in [9.17, 15) is 4.79 Å². The second kappa shape index (κ2) is 6.93. The Balaban J connectivity index is 1.69. The van der Waals surface area contributed by atoms with E-state index in [1.807, 2.05) is 18.2 Å². The predicted octanol–water partition coefficient (Wildman–Crippen LogP) is 6.12. The Bertz CT molecular complexity index is 1110. The van der Waals surface area contributed by atoms with Crippen LogP contribution in [-0.2, 0) is 0 Å². The molecule has 1 N–H and O–H groups in total. The lowest BCUT2D eigenvalue weighted by Crippen LogP contribution is -2.10. The minimum atomic E-state index is -0.340. The molecule has 0 unspecified atom stereocenters. The molecule has 2 aromatic heterocycles. The summed E-state index contributed by atoms with van der Waals surface area (Å²) < 4.78 is 11.0. The summed E-state index contributed by atoms with van der Waals surface area (Å²) in [6.07, 6.45) is 1.45. The van der Waals surface area contributed by atoms with Gasteiger partial charge in [0.1, 0.15) is 5.52 Å². The Morgan fingerprint density at radius 2 is 2.00 bits per heavy atom. The maximum absolute atomic E-state index is 12.2. The first-order valence-electron chi connectivity index (χ1n) is 8.56. The number of hydrogen-bond acceptors (Lipinski definition) is 4. The van der Waals surface area contributed by atoms with Crippen LogP contribution in [0.1, 0.15) is 35.9 Å². The SMILES string of the molecule is CC(C)c1ccc2oc(-c3cc(NC(=O)c4ccco4)ccc3Cl)nc2c1. The van der Waals surface area contributed by atoms with Crippen molar-refractivity contribution in [3.63, 3.8) is 0 Å². The summed E-state index contributed by atoms with van der Waals surface area (Å²) in [7, 11) is 0. The van der Waals surface area contributed by atoms with Gasteiger partial charge in [-0.2, -0.15) is 0 Å². The van der Waals surface area contributed by atoms with Crippen LogP contribution in [0.4, 0.5) is 5.69 Å². The molecule has 0 aliphatic carbocycles. The smallest absolute Gasteiger partial charge is 0.291 e. The van der Waals surface area contributed by atoms with Gasteiger partial charge in [0.15, 0.2) is 11.3 Å². The molecule has 1 amide bonds. The van der Waals surface area contributed by atoms with Crippen LogP contribution in [0.3, 0.4) is 0 Å². The molecule has 4 rings (SSSR count). The Morgan fingerprint density at radius 1 is 1.15 bits per heavy atom. The van der Waals surface area contributed by atoms with Crippen molar-refractivity contribution in [2.24, 2.45) is 0 Å². The fourth-order valence-electron chi connectivity index (χ4n) is 2.79. The highest BCUT2D eigenvalue weighted by molar-refractivity contribution is 6.33. The van der Waals surface area contributed by atoms with Gasteiger partial charge in [0.05, 0.1) is 16.8 Å². The molecule has 0 fully saturated rings. The van der Waals surface area contributed by atoms with Crippen LogP contribution < -0.4 is 5.32 Å². The molecular weight excluding hydrogens is 364 g/mol. The van der Waals surface area contributed by atoms with E-state index in [1.165, 1.54) is 11.8 Å². The Morgan fingerprint density at radius 3 is 2.74 bits per heavy atom. The van der Waals surface area contributed by atoms with Crippen molar-refractivity contribution >= 4 is 34.3 Å². The van der Waals surface area contributed by atoms with E-state index in [2.05, 4.69) is 24.1 Å². The molecule has 0 aliphatic rings. The summed E-state index contributed by atoms with van der Waals surface area (Å²) in [6.45, 7) is 4.26. The van der Waals surface area contributed by atoms with Gasteiger partial charge in [-0.25, -0.2) is 4.98 Å². The number of fused-ring (bicyclic) bond motifs is 1. The van der Waals surface area contributed by atoms with Gasteiger partial charge in [0.2, 0.25) is 5.89 Å². The van der Waals surface area contributed by atoms with Gasteiger partial charge in [0.25, 0.3) is 5.91 Å². The third-order valence-corrected chi connectivity index (χ3v) is 4.61. The normalized spacial score (nSPS) is 11.3. The van der Waals surface area contributed by atoms with E-state index >= 15 is 0 Å². The van der Waals surface area contributed by atoms with Crippen molar-refractivity contribution in [3.8, 4) is 11.5 Å². The fraction of sp³-hybridized carbons (Fsp3) is 0.143. The zero-order chi connectivity index (χ0) is 19.0. The summed E-state index contributed by atoms with van der Waals surface area (Å²) >= 11 is 6.34. The van der Waals surface area contributed by atoms with Crippen LogP contribution in [-0.4, -0.2) is 10.9 Å². The Kier molecular flexibility index (Phi) is 4.46. The van der Waals surface area contributed by atoms with Gasteiger partial charge in [-0.05, 0) is 53.9 Å². The summed E-state index contributed by atoms with van der Waals surface area (Å²) in [5, 5.41) is 3.27. The molecule has 136 valence electrons.